The molecule has 0 aromatic carbocycles. The molecule has 0 radical (unpaired) electrons. The van der Waals surface area contributed by atoms with Crippen molar-refractivity contribution >= 4 is 17.0 Å². The minimum absolute atomic E-state index is 0.607. The summed E-state index contributed by atoms with van der Waals surface area (Å²) in [7, 11) is 0. The van der Waals surface area contributed by atoms with Gasteiger partial charge in [0.05, 0.1) is 22.8 Å². The fourth-order valence-electron chi connectivity index (χ4n) is 2.12. The molecule has 1 heterocycles. The molecule has 0 saturated carbocycles. The number of nitrogens with zero attached hydrogens (tertiary/aromatic N) is 3. The zero-order valence-corrected chi connectivity index (χ0v) is 14.9. The van der Waals surface area contributed by atoms with Gasteiger partial charge >= 0.3 is 0 Å². The highest BCUT2D eigenvalue weighted by Gasteiger charge is 2.10. The third kappa shape index (κ3) is 5.49. The number of rotatable bonds is 10. The summed E-state index contributed by atoms with van der Waals surface area (Å²) in [6.45, 7) is 22.4. The van der Waals surface area contributed by atoms with E-state index >= 15 is 0 Å². The standard InChI is InChI=1S/C23H23N3/c1-7-13-14-15-18(8-2)19-16-22(20(9-3)24-11-5)26-23(17-19)21(10-4)25-12-6/h7-17H,1-6H2/b14-13-,18-15+,24-20?,25-21?. The molecule has 26 heavy (non-hydrogen) atoms. The van der Waals surface area contributed by atoms with Crippen LogP contribution in [-0.4, -0.2) is 16.4 Å². The third-order valence-corrected chi connectivity index (χ3v) is 3.27. The molecule has 0 atom stereocenters. The zero-order valence-electron chi connectivity index (χ0n) is 14.9. The summed E-state index contributed by atoms with van der Waals surface area (Å²) < 4.78 is 0. The Bertz CT molecular complexity index is 798. The maximum absolute atomic E-state index is 4.63. The van der Waals surface area contributed by atoms with Gasteiger partial charge in [-0.1, -0.05) is 69.9 Å². The summed E-state index contributed by atoms with van der Waals surface area (Å²) >= 11 is 0. The highest BCUT2D eigenvalue weighted by molar-refractivity contribution is 6.11. The van der Waals surface area contributed by atoms with Gasteiger partial charge in [-0.05, 0) is 35.4 Å². The molecular weight excluding hydrogens is 318 g/mol. The van der Waals surface area contributed by atoms with E-state index in [1.54, 1.807) is 24.3 Å². The fraction of sp³-hybridized carbons (Fsp3) is 0. The van der Waals surface area contributed by atoms with Gasteiger partial charge in [-0.2, -0.15) is 0 Å². The van der Waals surface area contributed by atoms with Crippen LogP contribution in [0.1, 0.15) is 17.0 Å². The molecule has 3 nitrogen and oxygen atoms in total. The van der Waals surface area contributed by atoms with Gasteiger partial charge in [0.1, 0.15) is 0 Å². The fourth-order valence-corrected chi connectivity index (χ4v) is 2.12. The van der Waals surface area contributed by atoms with E-state index in [1.807, 2.05) is 30.4 Å². The van der Waals surface area contributed by atoms with Gasteiger partial charge in [0.15, 0.2) is 0 Å². The summed E-state index contributed by atoms with van der Waals surface area (Å²) in [4.78, 5) is 13.1. The minimum atomic E-state index is 0.607. The number of pyridine rings is 1. The molecule has 0 unspecified atom stereocenters. The Hall–Kier alpha value is -3.59. The average Bonchev–Trinajstić information content (AvgIpc) is 2.67. The lowest BCUT2D eigenvalue weighted by Crippen LogP contribution is -2.08. The monoisotopic (exact) mass is 341 g/mol. The number of aromatic nitrogens is 1. The van der Waals surface area contributed by atoms with Crippen LogP contribution in [0.3, 0.4) is 0 Å². The SMILES string of the molecule is C=C/C=C\C=C(/C=C)c1cc(C(C=C)=NC=C)nc(C(C=C)=NC=C)c1. The van der Waals surface area contributed by atoms with Gasteiger partial charge in [0.2, 0.25) is 0 Å². The van der Waals surface area contributed by atoms with Crippen LogP contribution in [0.4, 0.5) is 0 Å². The van der Waals surface area contributed by atoms with Crippen molar-refractivity contribution in [2.45, 2.75) is 0 Å². The molecular formula is C23H23N3. The summed E-state index contributed by atoms with van der Waals surface area (Å²) in [5.74, 6) is 0. The van der Waals surface area contributed by atoms with Crippen LogP contribution in [-0.2, 0) is 0 Å². The first kappa shape index (κ1) is 20.5. The normalized spacial score (nSPS) is 12.5. The second-order valence-electron chi connectivity index (χ2n) is 4.88. The van der Waals surface area contributed by atoms with E-state index < -0.39 is 0 Å². The van der Waals surface area contributed by atoms with Gasteiger partial charge in [-0.25, -0.2) is 4.98 Å². The van der Waals surface area contributed by atoms with E-state index in [-0.39, 0.29) is 0 Å². The Morgan fingerprint density at radius 3 is 1.69 bits per heavy atom. The molecule has 1 aromatic heterocycles. The summed E-state index contributed by atoms with van der Waals surface area (Å²) in [6, 6.07) is 3.83. The van der Waals surface area contributed by atoms with Gasteiger partial charge in [0.25, 0.3) is 0 Å². The van der Waals surface area contributed by atoms with Crippen molar-refractivity contribution in [1.29, 1.82) is 0 Å². The highest BCUT2D eigenvalue weighted by Crippen LogP contribution is 2.20. The van der Waals surface area contributed by atoms with E-state index in [1.165, 1.54) is 12.4 Å². The zero-order chi connectivity index (χ0) is 19.4. The van der Waals surface area contributed by atoms with Crippen LogP contribution < -0.4 is 0 Å². The topological polar surface area (TPSA) is 37.6 Å². The van der Waals surface area contributed by atoms with Gasteiger partial charge in [0, 0.05) is 12.4 Å². The van der Waals surface area contributed by atoms with Gasteiger partial charge in [-0.15, -0.1) is 0 Å². The number of allylic oxidation sites excluding steroid dienone is 8. The van der Waals surface area contributed by atoms with Crippen molar-refractivity contribution in [3.63, 3.8) is 0 Å². The van der Waals surface area contributed by atoms with E-state index in [9.17, 15) is 0 Å². The van der Waals surface area contributed by atoms with E-state index in [2.05, 4.69) is 54.4 Å². The molecule has 0 bridgehead atoms. The van der Waals surface area contributed by atoms with Crippen molar-refractivity contribution in [1.82, 2.24) is 4.98 Å². The second kappa shape index (κ2) is 11.0. The smallest absolute Gasteiger partial charge is 0.0900 e. The lowest BCUT2D eigenvalue weighted by atomic mass is 10.0. The Labute approximate surface area is 155 Å². The van der Waals surface area contributed by atoms with Crippen molar-refractivity contribution in [3.05, 3.63) is 123 Å². The number of hydrogen-bond donors (Lipinski definition) is 0. The lowest BCUT2D eigenvalue weighted by molar-refractivity contribution is 1.24. The molecule has 0 aliphatic rings. The molecule has 0 aliphatic heterocycles. The molecule has 1 aromatic rings. The first-order valence-corrected chi connectivity index (χ1v) is 7.92. The van der Waals surface area contributed by atoms with Gasteiger partial charge < -0.3 is 0 Å². The molecule has 0 amide bonds. The maximum atomic E-state index is 4.63. The van der Waals surface area contributed by atoms with Crippen molar-refractivity contribution in [2.24, 2.45) is 9.98 Å². The first-order valence-electron chi connectivity index (χ1n) is 7.92. The molecule has 0 aliphatic carbocycles. The summed E-state index contributed by atoms with van der Waals surface area (Å²) in [6.07, 6.45) is 15.3. The Balaban J connectivity index is 3.74. The van der Waals surface area contributed by atoms with E-state index in [0.29, 0.717) is 22.8 Å². The van der Waals surface area contributed by atoms with Crippen LogP contribution in [0.2, 0.25) is 0 Å². The number of hydrogen-bond acceptors (Lipinski definition) is 3. The Morgan fingerprint density at radius 2 is 1.31 bits per heavy atom. The largest absolute Gasteiger partial charge is 0.255 e. The second-order valence-corrected chi connectivity index (χ2v) is 4.88. The predicted octanol–water partition coefficient (Wildman–Crippen LogP) is 5.63. The molecule has 0 N–H and O–H groups in total. The molecule has 3 heteroatoms. The van der Waals surface area contributed by atoms with Crippen LogP contribution >= 0.6 is 0 Å². The third-order valence-electron chi connectivity index (χ3n) is 3.27. The minimum Gasteiger partial charge on any atom is -0.255 e. The quantitative estimate of drug-likeness (QED) is 0.401. The molecule has 1 rings (SSSR count). The molecule has 0 spiro atoms. The molecule has 130 valence electrons. The van der Waals surface area contributed by atoms with Crippen LogP contribution in [0.5, 0.6) is 0 Å². The van der Waals surface area contributed by atoms with E-state index in [4.69, 9.17) is 0 Å². The van der Waals surface area contributed by atoms with Crippen LogP contribution in [0.15, 0.2) is 117 Å². The van der Waals surface area contributed by atoms with Gasteiger partial charge in [-0.3, -0.25) is 9.98 Å². The Morgan fingerprint density at radius 1 is 0.769 bits per heavy atom. The Kier molecular flexibility index (Phi) is 8.69. The number of aliphatic imine (C=N–C) groups is 2. The van der Waals surface area contributed by atoms with Crippen molar-refractivity contribution < 1.29 is 0 Å². The highest BCUT2D eigenvalue weighted by atomic mass is 14.8. The summed E-state index contributed by atoms with van der Waals surface area (Å²) in [5, 5.41) is 0. The van der Waals surface area contributed by atoms with Crippen molar-refractivity contribution in [3.8, 4) is 0 Å². The van der Waals surface area contributed by atoms with E-state index in [0.717, 1.165) is 11.1 Å². The van der Waals surface area contributed by atoms with Crippen LogP contribution in [0.25, 0.3) is 5.57 Å². The first-order chi connectivity index (χ1) is 12.6. The van der Waals surface area contributed by atoms with Crippen molar-refractivity contribution in [2.75, 3.05) is 0 Å². The lowest BCUT2D eigenvalue weighted by Gasteiger charge is -2.10. The predicted molar refractivity (Wildman–Crippen MR) is 116 cm³/mol. The molecule has 0 saturated heterocycles. The average molecular weight is 341 g/mol. The van der Waals surface area contributed by atoms with Crippen LogP contribution in [0, 0.1) is 0 Å². The molecule has 0 fully saturated rings. The summed E-state index contributed by atoms with van der Waals surface area (Å²) in [5.41, 5.74) is 4.33. The maximum Gasteiger partial charge on any atom is 0.0900 e.